The van der Waals surface area contributed by atoms with Crippen LogP contribution in [0.1, 0.15) is 45.4 Å². The lowest BCUT2D eigenvalue weighted by Crippen LogP contribution is -2.23. The Morgan fingerprint density at radius 1 is 1.19 bits per heavy atom. The second-order valence-electron chi connectivity index (χ2n) is 6.04. The van der Waals surface area contributed by atoms with E-state index >= 15 is 0 Å². The van der Waals surface area contributed by atoms with Gasteiger partial charge in [-0.2, -0.15) is 0 Å². The standard InChI is InChI=1S/C14H28N2/c1-12(7-8-15)4-3-9-16-10-13-5-2-6-14(13)11-16/h12-14H,2-11,15H2,1H3. The van der Waals surface area contributed by atoms with Gasteiger partial charge in [-0.05, 0) is 62.9 Å². The molecule has 94 valence electrons. The first-order valence-corrected chi connectivity index (χ1v) is 7.22. The minimum atomic E-state index is 0.826. The van der Waals surface area contributed by atoms with Gasteiger partial charge in [0.2, 0.25) is 0 Å². The molecule has 3 unspecified atom stereocenters. The van der Waals surface area contributed by atoms with Crippen LogP contribution in [0.4, 0.5) is 0 Å². The molecule has 1 saturated heterocycles. The third-order valence-electron chi connectivity index (χ3n) is 4.63. The van der Waals surface area contributed by atoms with Gasteiger partial charge in [0.1, 0.15) is 0 Å². The molecule has 1 aliphatic carbocycles. The maximum atomic E-state index is 5.57. The van der Waals surface area contributed by atoms with E-state index in [0.717, 1.165) is 24.3 Å². The molecule has 0 aromatic carbocycles. The lowest BCUT2D eigenvalue weighted by atomic mass is 10.0. The summed E-state index contributed by atoms with van der Waals surface area (Å²) in [6.45, 7) is 7.33. The van der Waals surface area contributed by atoms with Crippen LogP contribution >= 0.6 is 0 Å². The Balaban J connectivity index is 1.57. The normalized spacial score (nSPS) is 31.9. The number of likely N-dealkylation sites (tertiary alicyclic amines) is 1. The van der Waals surface area contributed by atoms with Crippen molar-refractivity contribution in [3.05, 3.63) is 0 Å². The Bertz CT molecular complexity index is 193. The molecule has 0 aromatic rings. The molecule has 3 atom stereocenters. The van der Waals surface area contributed by atoms with Crippen molar-refractivity contribution in [3.63, 3.8) is 0 Å². The van der Waals surface area contributed by atoms with E-state index in [2.05, 4.69) is 11.8 Å². The lowest BCUT2D eigenvalue weighted by molar-refractivity contribution is 0.293. The molecule has 2 rings (SSSR count). The Morgan fingerprint density at radius 2 is 1.88 bits per heavy atom. The molecule has 1 aliphatic heterocycles. The number of fused-ring (bicyclic) bond motifs is 1. The van der Waals surface area contributed by atoms with E-state index < -0.39 is 0 Å². The Kier molecular flexibility index (Phi) is 4.66. The van der Waals surface area contributed by atoms with Crippen LogP contribution in [0.5, 0.6) is 0 Å². The van der Waals surface area contributed by atoms with Crippen LogP contribution in [-0.2, 0) is 0 Å². The molecular formula is C14H28N2. The van der Waals surface area contributed by atoms with Crippen molar-refractivity contribution in [3.8, 4) is 0 Å². The molecule has 0 amide bonds. The zero-order valence-electron chi connectivity index (χ0n) is 10.8. The van der Waals surface area contributed by atoms with Crippen LogP contribution in [-0.4, -0.2) is 31.1 Å². The molecule has 2 nitrogen and oxygen atoms in total. The molecule has 2 aliphatic rings. The second kappa shape index (κ2) is 6.02. The van der Waals surface area contributed by atoms with Gasteiger partial charge in [-0.3, -0.25) is 0 Å². The van der Waals surface area contributed by atoms with Crippen LogP contribution in [0, 0.1) is 17.8 Å². The summed E-state index contributed by atoms with van der Waals surface area (Å²) in [6, 6.07) is 0. The molecule has 2 N–H and O–H groups in total. The Morgan fingerprint density at radius 3 is 2.50 bits per heavy atom. The molecule has 2 fully saturated rings. The summed E-state index contributed by atoms with van der Waals surface area (Å²) in [6.07, 6.45) is 8.45. The molecule has 1 heterocycles. The summed E-state index contributed by atoms with van der Waals surface area (Å²) in [7, 11) is 0. The molecule has 0 spiro atoms. The third-order valence-corrected chi connectivity index (χ3v) is 4.63. The van der Waals surface area contributed by atoms with E-state index in [9.17, 15) is 0 Å². The highest BCUT2D eigenvalue weighted by molar-refractivity contribution is 4.88. The average molecular weight is 224 g/mol. The highest BCUT2D eigenvalue weighted by Crippen LogP contribution is 2.37. The maximum absolute atomic E-state index is 5.57. The Hall–Kier alpha value is -0.0800. The molecule has 0 radical (unpaired) electrons. The molecule has 0 bridgehead atoms. The van der Waals surface area contributed by atoms with E-state index in [1.807, 2.05) is 0 Å². The number of nitrogens with zero attached hydrogens (tertiary/aromatic N) is 1. The van der Waals surface area contributed by atoms with Crippen LogP contribution in [0.25, 0.3) is 0 Å². The Labute approximate surface area is 101 Å². The van der Waals surface area contributed by atoms with Crippen molar-refractivity contribution in [2.45, 2.75) is 45.4 Å². The van der Waals surface area contributed by atoms with E-state index in [1.165, 1.54) is 58.2 Å². The molecule has 16 heavy (non-hydrogen) atoms. The smallest absolute Gasteiger partial charge is 0.00129 e. The zero-order valence-corrected chi connectivity index (χ0v) is 10.8. The van der Waals surface area contributed by atoms with Crippen molar-refractivity contribution >= 4 is 0 Å². The van der Waals surface area contributed by atoms with E-state index in [0.29, 0.717) is 0 Å². The van der Waals surface area contributed by atoms with E-state index in [4.69, 9.17) is 5.73 Å². The molecular weight excluding hydrogens is 196 g/mol. The van der Waals surface area contributed by atoms with Gasteiger partial charge in [0.25, 0.3) is 0 Å². The highest BCUT2D eigenvalue weighted by Gasteiger charge is 2.35. The van der Waals surface area contributed by atoms with Gasteiger partial charge >= 0.3 is 0 Å². The van der Waals surface area contributed by atoms with Crippen molar-refractivity contribution in [2.24, 2.45) is 23.5 Å². The predicted octanol–water partition coefficient (Wildman–Crippen LogP) is 2.48. The maximum Gasteiger partial charge on any atom is 0.00129 e. The monoisotopic (exact) mass is 224 g/mol. The van der Waals surface area contributed by atoms with Crippen molar-refractivity contribution in [1.82, 2.24) is 4.90 Å². The van der Waals surface area contributed by atoms with Gasteiger partial charge in [0.05, 0.1) is 0 Å². The second-order valence-corrected chi connectivity index (χ2v) is 6.04. The summed E-state index contributed by atoms with van der Waals surface area (Å²) in [5.74, 6) is 2.94. The topological polar surface area (TPSA) is 29.3 Å². The first-order chi connectivity index (χ1) is 7.79. The third kappa shape index (κ3) is 3.21. The van der Waals surface area contributed by atoms with Crippen molar-refractivity contribution in [2.75, 3.05) is 26.2 Å². The molecule has 0 aromatic heterocycles. The number of nitrogens with two attached hydrogens (primary N) is 1. The first kappa shape index (κ1) is 12.4. The highest BCUT2D eigenvalue weighted by atomic mass is 15.2. The minimum Gasteiger partial charge on any atom is -0.330 e. The van der Waals surface area contributed by atoms with E-state index in [1.54, 1.807) is 0 Å². The van der Waals surface area contributed by atoms with Gasteiger partial charge in [-0.1, -0.05) is 13.3 Å². The fraction of sp³-hybridized carbons (Fsp3) is 1.00. The average Bonchev–Trinajstić information content (AvgIpc) is 2.78. The van der Waals surface area contributed by atoms with E-state index in [-0.39, 0.29) is 0 Å². The first-order valence-electron chi connectivity index (χ1n) is 7.22. The quantitative estimate of drug-likeness (QED) is 0.751. The fourth-order valence-corrected chi connectivity index (χ4v) is 3.61. The van der Waals surface area contributed by atoms with Crippen LogP contribution in [0.15, 0.2) is 0 Å². The summed E-state index contributed by atoms with van der Waals surface area (Å²) in [5, 5.41) is 0. The summed E-state index contributed by atoms with van der Waals surface area (Å²) >= 11 is 0. The SMILES string of the molecule is CC(CCN)CCCN1CC2CCCC2C1. The molecule has 2 heteroatoms. The van der Waals surface area contributed by atoms with Crippen LogP contribution in [0.3, 0.4) is 0 Å². The van der Waals surface area contributed by atoms with Crippen molar-refractivity contribution < 1.29 is 0 Å². The van der Waals surface area contributed by atoms with Crippen LogP contribution < -0.4 is 5.73 Å². The number of hydrogen-bond acceptors (Lipinski definition) is 2. The van der Waals surface area contributed by atoms with Gasteiger partial charge in [0.15, 0.2) is 0 Å². The summed E-state index contributed by atoms with van der Waals surface area (Å²) in [5.41, 5.74) is 5.57. The van der Waals surface area contributed by atoms with Gasteiger partial charge in [-0.15, -0.1) is 0 Å². The van der Waals surface area contributed by atoms with Crippen molar-refractivity contribution in [1.29, 1.82) is 0 Å². The summed E-state index contributed by atoms with van der Waals surface area (Å²) in [4.78, 5) is 2.71. The number of rotatable bonds is 6. The largest absolute Gasteiger partial charge is 0.330 e. The summed E-state index contributed by atoms with van der Waals surface area (Å²) < 4.78 is 0. The van der Waals surface area contributed by atoms with Gasteiger partial charge < -0.3 is 10.6 Å². The van der Waals surface area contributed by atoms with Crippen LogP contribution in [0.2, 0.25) is 0 Å². The zero-order chi connectivity index (χ0) is 11.4. The lowest BCUT2D eigenvalue weighted by Gasteiger charge is -2.18. The fourth-order valence-electron chi connectivity index (χ4n) is 3.61. The van der Waals surface area contributed by atoms with Gasteiger partial charge in [0, 0.05) is 13.1 Å². The van der Waals surface area contributed by atoms with Gasteiger partial charge in [-0.25, -0.2) is 0 Å². The predicted molar refractivity (Wildman–Crippen MR) is 69.3 cm³/mol. The molecule has 1 saturated carbocycles. The minimum absolute atomic E-state index is 0.826. The number of hydrogen-bond donors (Lipinski definition) is 1.